The average Bonchev–Trinajstić information content (AvgIpc) is 2.72. The zero-order valence-corrected chi connectivity index (χ0v) is 9.40. The second-order valence-electron chi connectivity index (χ2n) is 3.63. The molecule has 0 aliphatic rings. The monoisotopic (exact) mass is 247 g/mol. The van der Waals surface area contributed by atoms with Gasteiger partial charge in [-0.2, -0.15) is 0 Å². The number of hydrogen-bond donors (Lipinski definition) is 1. The van der Waals surface area contributed by atoms with Crippen molar-refractivity contribution in [1.82, 2.24) is 9.55 Å². The van der Waals surface area contributed by atoms with E-state index in [1.807, 2.05) is 0 Å². The maximum Gasteiger partial charge on any atom is 0.382 e. The Morgan fingerprint density at radius 3 is 2.78 bits per heavy atom. The van der Waals surface area contributed by atoms with Gasteiger partial charge in [0.2, 0.25) is 5.82 Å². The van der Waals surface area contributed by atoms with Gasteiger partial charge in [0.15, 0.2) is 0 Å². The molecule has 0 unspecified atom stereocenters. The first kappa shape index (κ1) is 11.8. The number of carbonyl (C=O) groups is 1. The van der Waals surface area contributed by atoms with Crippen LogP contribution in [0.25, 0.3) is 5.69 Å². The van der Waals surface area contributed by atoms with Crippen molar-refractivity contribution in [3.63, 3.8) is 0 Å². The first-order valence-electron chi connectivity index (χ1n) is 5.03. The molecule has 0 aliphatic carbocycles. The summed E-state index contributed by atoms with van der Waals surface area (Å²) in [6, 6.07) is 6.11. The predicted molar refractivity (Wildman–Crippen MR) is 61.9 cm³/mol. The summed E-state index contributed by atoms with van der Waals surface area (Å²) in [5, 5.41) is 19.5. The van der Waals surface area contributed by atoms with Crippen LogP contribution < -0.4 is 0 Å². The van der Waals surface area contributed by atoms with Gasteiger partial charge < -0.3 is 15.2 Å². The number of nitrogens with zero attached hydrogens (tertiary/aromatic N) is 3. The molecule has 7 heteroatoms. The summed E-state index contributed by atoms with van der Waals surface area (Å²) in [6.07, 6.45) is 1.26. The van der Waals surface area contributed by atoms with Crippen LogP contribution >= 0.6 is 0 Å². The Kier molecular flexibility index (Phi) is 2.80. The lowest BCUT2D eigenvalue weighted by Crippen LogP contribution is -2.00. The van der Waals surface area contributed by atoms with Crippen LogP contribution in [0.5, 0.6) is 0 Å². The van der Waals surface area contributed by atoms with Crippen LogP contribution in [0, 0.1) is 17.0 Å². The van der Waals surface area contributed by atoms with Crippen molar-refractivity contribution in [2.45, 2.75) is 6.92 Å². The normalized spacial score (nSPS) is 10.3. The summed E-state index contributed by atoms with van der Waals surface area (Å²) in [5.74, 6) is -0.901. The van der Waals surface area contributed by atoms with Crippen molar-refractivity contribution in [3.8, 4) is 5.69 Å². The van der Waals surface area contributed by atoms with Gasteiger partial charge in [0.1, 0.15) is 6.20 Å². The minimum atomic E-state index is -1.05. The quantitative estimate of drug-likeness (QED) is 0.658. The molecule has 2 rings (SSSR count). The zero-order chi connectivity index (χ0) is 13.3. The fraction of sp³-hybridized carbons (Fsp3) is 0.0909. The van der Waals surface area contributed by atoms with Crippen molar-refractivity contribution in [1.29, 1.82) is 0 Å². The molecular formula is C11H9N3O4. The Bertz CT molecular complexity index is 633. The molecule has 0 amide bonds. The van der Waals surface area contributed by atoms with Gasteiger partial charge in [-0.1, -0.05) is 6.07 Å². The second-order valence-corrected chi connectivity index (χ2v) is 3.63. The van der Waals surface area contributed by atoms with Crippen molar-refractivity contribution in [3.05, 3.63) is 52.0 Å². The molecule has 0 atom stereocenters. The third-order valence-corrected chi connectivity index (χ3v) is 2.43. The number of benzene rings is 1. The number of hydrogen-bond acceptors (Lipinski definition) is 4. The molecule has 92 valence electrons. The number of aromatic nitrogens is 2. The largest absolute Gasteiger partial charge is 0.478 e. The lowest BCUT2D eigenvalue weighted by Gasteiger charge is -2.03. The highest BCUT2D eigenvalue weighted by molar-refractivity contribution is 5.88. The Morgan fingerprint density at radius 2 is 2.22 bits per heavy atom. The van der Waals surface area contributed by atoms with E-state index in [1.54, 1.807) is 19.1 Å². The predicted octanol–water partition coefficient (Wildman–Crippen LogP) is 1.79. The Labute approximate surface area is 101 Å². The maximum atomic E-state index is 10.8. The summed E-state index contributed by atoms with van der Waals surface area (Å²) in [4.78, 5) is 24.6. The Hall–Kier alpha value is -2.70. The number of nitro groups is 1. The molecule has 0 saturated carbocycles. The topological polar surface area (TPSA) is 98.3 Å². The smallest absolute Gasteiger partial charge is 0.382 e. The molecule has 0 radical (unpaired) electrons. The third-order valence-electron chi connectivity index (χ3n) is 2.43. The molecule has 1 N–H and O–H groups in total. The molecular weight excluding hydrogens is 238 g/mol. The van der Waals surface area contributed by atoms with Gasteiger partial charge in [-0.15, -0.1) is 0 Å². The van der Waals surface area contributed by atoms with Crippen LogP contribution in [0.15, 0.2) is 30.5 Å². The van der Waals surface area contributed by atoms with Crippen molar-refractivity contribution < 1.29 is 14.8 Å². The fourth-order valence-corrected chi connectivity index (χ4v) is 1.60. The fourth-order valence-electron chi connectivity index (χ4n) is 1.60. The number of imidazole rings is 1. The van der Waals surface area contributed by atoms with Crippen LogP contribution in [-0.4, -0.2) is 25.6 Å². The zero-order valence-electron chi connectivity index (χ0n) is 9.40. The van der Waals surface area contributed by atoms with E-state index < -0.39 is 10.9 Å². The lowest BCUT2D eigenvalue weighted by atomic mass is 10.2. The number of aryl methyl sites for hydroxylation is 1. The summed E-state index contributed by atoms with van der Waals surface area (Å²) >= 11 is 0. The van der Waals surface area contributed by atoms with Gasteiger partial charge in [0.05, 0.1) is 5.56 Å². The van der Waals surface area contributed by atoms with E-state index in [-0.39, 0.29) is 11.4 Å². The highest BCUT2D eigenvalue weighted by atomic mass is 16.6. The van der Waals surface area contributed by atoms with Crippen LogP contribution in [0.2, 0.25) is 0 Å². The van der Waals surface area contributed by atoms with Crippen LogP contribution in [0.4, 0.5) is 5.82 Å². The van der Waals surface area contributed by atoms with Gasteiger partial charge in [-0.25, -0.2) is 4.79 Å². The minimum absolute atomic E-state index is 0.114. The van der Waals surface area contributed by atoms with Gasteiger partial charge in [-0.05, 0) is 28.1 Å². The molecule has 1 heterocycles. The second kappa shape index (κ2) is 4.28. The van der Waals surface area contributed by atoms with Gasteiger partial charge >= 0.3 is 11.8 Å². The van der Waals surface area contributed by atoms with Crippen LogP contribution in [0.1, 0.15) is 16.2 Å². The van der Waals surface area contributed by atoms with E-state index in [1.165, 1.54) is 22.9 Å². The SMILES string of the molecule is Cc1nc([N+](=O)[O-])cn1-c1cccc(C(=O)O)c1. The van der Waals surface area contributed by atoms with E-state index in [0.29, 0.717) is 11.5 Å². The Morgan fingerprint density at radius 1 is 1.50 bits per heavy atom. The molecule has 1 aromatic heterocycles. The molecule has 0 aliphatic heterocycles. The summed E-state index contributed by atoms with van der Waals surface area (Å²) < 4.78 is 1.48. The number of carboxylic acid groups (broad SMARTS) is 1. The maximum absolute atomic E-state index is 10.8. The first-order chi connectivity index (χ1) is 8.49. The molecule has 2 aromatic rings. The number of carboxylic acids is 1. The van der Waals surface area contributed by atoms with Gasteiger partial charge in [0, 0.05) is 12.6 Å². The summed E-state index contributed by atoms with van der Waals surface area (Å²) in [7, 11) is 0. The first-order valence-corrected chi connectivity index (χ1v) is 5.03. The Balaban J connectivity index is 2.51. The highest BCUT2D eigenvalue weighted by Gasteiger charge is 2.16. The van der Waals surface area contributed by atoms with Crippen molar-refractivity contribution in [2.24, 2.45) is 0 Å². The van der Waals surface area contributed by atoms with E-state index in [2.05, 4.69) is 4.98 Å². The molecule has 7 nitrogen and oxygen atoms in total. The van der Waals surface area contributed by atoms with Crippen molar-refractivity contribution in [2.75, 3.05) is 0 Å². The molecule has 0 spiro atoms. The van der Waals surface area contributed by atoms with Crippen LogP contribution in [-0.2, 0) is 0 Å². The van der Waals surface area contributed by atoms with Gasteiger partial charge in [-0.3, -0.25) is 4.57 Å². The van der Waals surface area contributed by atoms with E-state index >= 15 is 0 Å². The number of rotatable bonds is 3. The van der Waals surface area contributed by atoms with E-state index in [4.69, 9.17) is 5.11 Å². The third kappa shape index (κ3) is 2.05. The molecule has 0 saturated heterocycles. The van der Waals surface area contributed by atoms with Crippen LogP contribution in [0.3, 0.4) is 0 Å². The average molecular weight is 247 g/mol. The summed E-state index contributed by atoms with van der Waals surface area (Å²) in [5.41, 5.74) is 0.635. The van der Waals surface area contributed by atoms with Gasteiger partial charge in [0.25, 0.3) is 0 Å². The highest BCUT2D eigenvalue weighted by Crippen LogP contribution is 2.17. The molecule has 0 bridgehead atoms. The minimum Gasteiger partial charge on any atom is -0.478 e. The standard InChI is InChI=1S/C11H9N3O4/c1-7-12-10(14(17)18)6-13(7)9-4-2-3-8(5-9)11(15)16/h2-6H,1H3,(H,15,16). The van der Waals surface area contributed by atoms with Crippen molar-refractivity contribution >= 4 is 11.8 Å². The molecule has 18 heavy (non-hydrogen) atoms. The van der Waals surface area contributed by atoms with E-state index in [0.717, 1.165) is 0 Å². The molecule has 1 aromatic carbocycles. The number of aromatic carboxylic acids is 1. The summed E-state index contributed by atoms with van der Waals surface area (Å²) in [6.45, 7) is 1.61. The lowest BCUT2D eigenvalue weighted by molar-refractivity contribution is -0.389. The van der Waals surface area contributed by atoms with E-state index in [9.17, 15) is 14.9 Å². The molecule has 0 fully saturated rings.